The number of primary amides is 1. The van der Waals surface area contributed by atoms with Crippen molar-refractivity contribution in [1.82, 2.24) is 4.90 Å². The van der Waals surface area contributed by atoms with E-state index in [1.807, 2.05) is 0 Å². The van der Waals surface area contributed by atoms with Gasteiger partial charge in [-0.15, -0.1) is 0 Å². The lowest BCUT2D eigenvalue weighted by Gasteiger charge is -2.20. The van der Waals surface area contributed by atoms with Crippen LogP contribution in [0.15, 0.2) is 24.3 Å². The highest BCUT2D eigenvalue weighted by Gasteiger charge is 2.13. The van der Waals surface area contributed by atoms with Crippen molar-refractivity contribution in [2.24, 2.45) is 5.73 Å². The van der Waals surface area contributed by atoms with Gasteiger partial charge in [0.2, 0.25) is 5.91 Å². The van der Waals surface area contributed by atoms with Crippen molar-refractivity contribution in [3.63, 3.8) is 0 Å². The van der Waals surface area contributed by atoms with Crippen LogP contribution in [0.5, 0.6) is 0 Å². The number of hydrogen-bond donors (Lipinski definition) is 3. The predicted octanol–water partition coefficient (Wildman–Crippen LogP) is 1.11. The summed E-state index contributed by atoms with van der Waals surface area (Å²) in [6.07, 6.45) is -0.122. The van der Waals surface area contributed by atoms with Gasteiger partial charge in [-0.05, 0) is 25.1 Å². The third kappa shape index (κ3) is 4.60. The van der Waals surface area contributed by atoms with Gasteiger partial charge in [0.15, 0.2) is 0 Å². The van der Waals surface area contributed by atoms with Gasteiger partial charge in [-0.3, -0.25) is 9.59 Å². The van der Waals surface area contributed by atoms with Gasteiger partial charge in [-0.2, -0.15) is 0 Å². The van der Waals surface area contributed by atoms with Crippen molar-refractivity contribution >= 4 is 23.6 Å². The molecule has 4 N–H and O–H groups in total. The van der Waals surface area contributed by atoms with Crippen LogP contribution in [0.25, 0.3) is 0 Å². The van der Waals surface area contributed by atoms with Crippen molar-refractivity contribution in [2.45, 2.75) is 13.3 Å². The molecule has 0 unspecified atom stereocenters. The Morgan fingerprint density at radius 2 is 2.05 bits per heavy atom. The van der Waals surface area contributed by atoms with Crippen molar-refractivity contribution in [1.29, 1.82) is 0 Å². The van der Waals surface area contributed by atoms with E-state index in [4.69, 9.17) is 10.8 Å². The second kappa shape index (κ2) is 7.13. The number of urea groups is 1. The van der Waals surface area contributed by atoms with Gasteiger partial charge >= 0.3 is 12.0 Å². The van der Waals surface area contributed by atoms with Crippen LogP contribution in [0.2, 0.25) is 0 Å². The van der Waals surface area contributed by atoms with E-state index in [0.717, 1.165) is 0 Å². The molecule has 0 fully saturated rings. The van der Waals surface area contributed by atoms with Gasteiger partial charge in [0.1, 0.15) is 0 Å². The van der Waals surface area contributed by atoms with E-state index in [0.29, 0.717) is 12.2 Å². The van der Waals surface area contributed by atoms with Gasteiger partial charge < -0.3 is 21.1 Å². The summed E-state index contributed by atoms with van der Waals surface area (Å²) in [5.74, 6) is -1.55. The topological polar surface area (TPSA) is 113 Å². The first-order valence-corrected chi connectivity index (χ1v) is 6.11. The number of benzene rings is 1. The number of aliphatic carboxylic acids is 1. The number of hydrogen-bond acceptors (Lipinski definition) is 3. The van der Waals surface area contributed by atoms with Crippen LogP contribution in [-0.2, 0) is 4.79 Å². The largest absolute Gasteiger partial charge is 0.481 e. The molecule has 0 bridgehead atoms. The Balaban J connectivity index is 2.70. The van der Waals surface area contributed by atoms with E-state index < -0.39 is 17.9 Å². The van der Waals surface area contributed by atoms with Crippen LogP contribution in [0.4, 0.5) is 10.5 Å². The van der Waals surface area contributed by atoms with E-state index in [2.05, 4.69) is 5.32 Å². The van der Waals surface area contributed by atoms with Crippen LogP contribution in [0.3, 0.4) is 0 Å². The summed E-state index contributed by atoms with van der Waals surface area (Å²) in [4.78, 5) is 34.9. The second-order valence-corrected chi connectivity index (χ2v) is 4.10. The number of nitrogens with one attached hydrogen (secondary N) is 1. The van der Waals surface area contributed by atoms with E-state index in [-0.39, 0.29) is 18.5 Å². The van der Waals surface area contributed by atoms with Gasteiger partial charge in [0.25, 0.3) is 0 Å². The first-order valence-electron chi connectivity index (χ1n) is 6.11. The van der Waals surface area contributed by atoms with Crippen LogP contribution < -0.4 is 11.1 Å². The molecule has 0 saturated heterocycles. The maximum Gasteiger partial charge on any atom is 0.321 e. The van der Waals surface area contributed by atoms with E-state index in [1.165, 1.54) is 11.0 Å². The summed E-state index contributed by atoms with van der Waals surface area (Å²) < 4.78 is 0. The van der Waals surface area contributed by atoms with Crippen molar-refractivity contribution in [3.05, 3.63) is 29.8 Å². The molecular weight excluding hydrogens is 262 g/mol. The van der Waals surface area contributed by atoms with E-state index in [9.17, 15) is 14.4 Å². The Morgan fingerprint density at radius 3 is 2.60 bits per heavy atom. The molecular formula is C13H17N3O4. The Hall–Kier alpha value is -2.57. The number of rotatable bonds is 6. The highest BCUT2D eigenvalue weighted by atomic mass is 16.4. The number of nitrogens with zero attached hydrogens (tertiary/aromatic N) is 1. The maximum atomic E-state index is 11.9. The number of carboxylic acid groups (broad SMARTS) is 1. The summed E-state index contributed by atoms with van der Waals surface area (Å²) in [5.41, 5.74) is 5.87. The Morgan fingerprint density at radius 1 is 1.35 bits per heavy atom. The predicted molar refractivity (Wildman–Crippen MR) is 73.5 cm³/mol. The fourth-order valence-corrected chi connectivity index (χ4v) is 1.59. The highest BCUT2D eigenvalue weighted by molar-refractivity contribution is 5.95. The number of carboxylic acids is 1. The average molecular weight is 279 g/mol. The lowest BCUT2D eigenvalue weighted by Crippen LogP contribution is -2.36. The monoisotopic (exact) mass is 279 g/mol. The minimum Gasteiger partial charge on any atom is -0.481 e. The third-order valence-corrected chi connectivity index (χ3v) is 2.66. The Labute approximate surface area is 116 Å². The number of nitrogens with two attached hydrogens (primary N) is 1. The average Bonchev–Trinajstić information content (AvgIpc) is 2.39. The smallest absolute Gasteiger partial charge is 0.321 e. The summed E-state index contributed by atoms with van der Waals surface area (Å²) in [6, 6.07) is 5.81. The number of carbonyl (C=O) groups is 3. The fourth-order valence-electron chi connectivity index (χ4n) is 1.59. The molecule has 0 aliphatic heterocycles. The zero-order valence-corrected chi connectivity index (χ0v) is 11.1. The van der Waals surface area contributed by atoms with Crippen LogP contribution >= 0.6 is 0 Å². The first-order chi connectivity index (χ1) is 9.43. The van der Waals surface area contributed by atoms with Crippen LogP contribution in [-0.4, -0.2) is 41.0 Å². The van der Waals surface area contributed by atoms with Crippen LogP contribution in [0.1, 0.15) is 23.7 Å². The number of amides is 3. The molecule has 0 aliphatic carbocycles. The lowest BCUT2D eigenvalue weighted by molar-refractivity contribution is -0.137. The molecule has 0 aromatic heterocycles. The van der Waals surface area contributed by atoms with Gasteiger partial charge in [-0.1, -0.05) is 6.07 Å². The highest BCUT2D eigenvalue weighted by Crippen LogP contribution is 2.11. The van der Waals surface area contributed by atoms with Crippen molar-refractivity contribution in [2.75, 3.05) is 18.4 Å². The summed E-state index contributed by atoms with van der Waals surface area (Å²) in [6.45, 7) is 2.25. The Bertz CT molecular complexity index is 516. The molecule has 1 rings (SSSR count). The SMILES string of the molecule is CCN(CCC(=O)O)C(=O)Nc1cccc(C(N)=O)c1. The van der Waals surface area contributed by atoms with Crippen LogP contribution in [0, 0.1) is 0 Å². The van der Waals surface area contributed by atoms with Crippen molar-refractivity contribution in [3.8, 4) is 0 Å². The van der Waals surface area contributed by atoms with Gasteiger partial charge in [-0.25, -0.2) is 4.79 Å². The molecule has 3 amide bonds. The maximum absolute atomic E-state index is 11.9. The quantitative estimate of drug-likeness (QED) is 0.724. The molecule has 0 spiro atoms. The zero-order chi connectivity index (χ0) is 15.1. The van der Waals surface area contributed by atoms with Crippen molar-refractivity contribution < 1.29 is 19.5 Å². The Kier molecular flexibility index (Phi) is 5.52. The molecule has 0 aliphatic rings. The summed E-state index contributed by atoms with van der Waals surface area (Å²) >= 11 is 0. The fraction of sp³-hybridized carbons (Fsp3) is 0.308. The first kappa shape index (κ1) is 15.5. The van der Waals surface area contributed by atoms with E-state index in [1.54, 1.807) is 25.1 Å². The number of anilines is 1. The zero-order valence-electron chi connectivity index (χ0n) is 11.1. The molecule has 7 nitrogen and oxygen atoms in total. The van der Waals surface area contributed by atoms with Gasteiger partial charge in [0, 0.05) is 24.3 Å². The second-order valence-electron chi connectivity index (χ2n) is 4.10. The van der Waals surface area contributed by atoms with Gasteiger partial charge in [0.05, 0.1) is 6.42 Å². The minimum atomic E-state index is -0.966. The lowest BCUT2D eigenvalue weighted by atomic mass is 10.2. The molecule has 0 radical (unpaired) electrons. The molecule has 1 aromatic carbocycles. The molecule has 1 aromatic rings. The standard InChI is InChI=1S/C13H17N3O4/c1-2-16(7-6-11(17)18)13(20)15-10-5-3-4-9(8-10)12(14)19/h3-5,8H,2,6-7H2,1H3,(H2,14,19)(H,15,20)(H,17,18). The normalized spacial score (nSPS) is 9.85. The third-order valence-electron chi connectivity index (χ3n) is 2.66. The molecule has 0 saturated carbocycles. The molecule has 7 heteroatoms. The molecule has 20 heavy (non-hydrogen) atoms. The summed E-state index contributed by atoms with van der Waals surface area (Å²) in [7, 11) is 0. The molecule has 0 atom stereocenters. The molecule has 108 valence electrons. The van der Waals surface area contributed by atoms with E-state index >= 15 is 0 Å². The minimum absolute atomic E-state index is 0.118. The number of carbonyl (C=O) groups excluding carboxylic acids is 2. The summed E-state index contributed by atoms with van der Waals surface area (Å²) in [5, 5.41) is 11.2. The molecule has 0 heterocycles.